The molecule has 19 heavy (non-hydrogen) atoms. The van der Waals surface area contributed by atoms with E-state index in [0.717, 1.165) is 38.8 Å². The van der Waals surface area contributed by atoms with Crippen LogP contribution in [0.1, 0.15) is 58.8 Å². The molecular weight excluding hydrogens is 242 g/mol. The molecule has 1 N–H and O–H groups in total. The summed E-state index contributed by atoms with van der Waals surface area (Å²) in [5.74, 6) is -0.744. The van der Waals surface area contributed by atoms with Crippen LogP contribution >= 0.6 is 0 Å². The Morgan fingerprint density at radius 2 is 1.74 bits per heavy atom. The van der Waals surface area contributed by atoms with Gasteiger partial charge < -0.3 is 10.0 Å². The van der Waals surface area contributed by atoms with Crippen molar-refractivity contribution in [2.24, 2.45) is 10.8 Å². The minimum atomic E-state index is -0.783. The molecule has 1 heterocycles. The van der Waals surface area contributed by atoms with Crippen LogP contribution in [0.2, 0.25) is 0 Å². The van der Waals surface area contributed by atoms with Crippen LogP contribution in [0.5, 0.6) is 0 Å². The lowest BCUT2D eigenvalue weighted by molar-refractivity contribution is -0.154. The summed E-state index contributed by atoms with van der Waals surface area (Å²) in [6.07, 6.45) is 5.55. The zero-order chi connectivity index (χ0) is 14.1. The summed E-state index contributed by atoms with van der Waals surface area (Å²) in [6, 6.07) is 0. The first-order valence-electron chi connectivity index (χ1n) is 7.36. The van der Waals surface area contributed by atoms with E-state index in [9.17, 15) is 14.7 Å². The summed E-state index contributed by atoms with van der Waals surface area (Å²) >= 11 is 0. The first kappa shape index (κ1) is 14.4. The fraction of sp³-hybridized carbons (Fsp3) is 0.867. The second-order valence-corrected chi connectivity index (χ2v) is 7.05. The molecule has 0 aromatic carbocycles. The zero-order valence-electron chi connectivity index (χ0n) is 12.1. The van der Waals surface area contributed by atoms with Crippen molar-refractivity contribution in [1.82, 2.24) is 4.90 Å². The number of piperidine rings is 1. The first-order chi connectivity index (χ1) is 8.85. The van der Waals surface area contributed by atoms with Crippen molar-refractivity contribution in [3.05, 3.63) is 0 Å². The molecule has 2 aliphatic rings. The number of carboxylic acid groups (broad SMARTS) is 1. The molecule has 0 radical (unpaired) electrons. The van der Waals surface area contributed by atoms with Crippen molar-refractivity contribution in [3.8, 4) is 0 Å². The number of likely N-dealkylation sites (tertiary alicyclic amines) is 1. The van der Waals surface area contributed by atoms with E-state index in [2.05, 4.69) is 13.8 Å². The van der Waals surface area contributed by atoms with Crippen molar-refractivity contribution in [1.29, 1.82) is 0 Å². The lowest BCUT2D eigenvalue weighted by Crippen LogP contribution is -2.46. The lowest BCUT2D eigenvalue weighted by Gasteiger charge is -2.39. The molecule has 1 saturated carbocycles. The van der Waals surface area contributed by atoms with Gasteiger partial charge in [-0.2, -0.15) is 0 Å². The van der Waals surface area contributed by atoms with Gasteiger partial charge in [0.25, 0.3) is 0 Å². The molecular formula is C15H25NO3. The highest BCUT2D eigenvalue weighted by molar-refractivity contribution is 5.85. The van der Waals surface area contributed by atoms with E-state index in [-0.39, 0.29) is 17.7 Å². The van der Waals surface area contributed by atoms with Gasteiger partial charge in [-0.1, -0.05) is 26.7 Å². The van der Waals surface area contributed by atoms with Gasteiger partial charge in [0.2, 0.25) is 5.91 Å². The van der Waals surface area contributed by atoms with Crippen LogP contribution in [-0.2, 0) is 9.59 Å². The van der Waals surface area contributed by atoms with E-state index < -0.39 is 11.4 Å². The molecule has 108 valence electrons. The number of nitrogens with zero attached hydrogens (tertiary/aromatic N) is 1. The van der Waals surface area contributed by atoms with Gasteiger partial charge in [0.1, 0.15) is 0 Å². The van der Waals surface area contributed by atoms with E-state index in [1.165, 1.54) is 0 Å². The summed E-state index contributed by atoms with van der Waals surface area (Å²) in [5, 5.41) is 9.44. The zero-order valence-corrected chi connectivity index (χ0v) is 12.1. The molecule has 0 bridgehead atoms. The van der Waals surface area contributed by atoms with Crippen molar-refractivity contribution in [2.75, 3.05) is 13.1 Å². The van der Waals surface area contributed by atoms with E-state index in [0.29, 0.717) is 12.8 Å². The van der Waals surface area contributed by atoms with Crippen LogP contribution in [0, 0.1) is 10.8 Å². The Balaban J connectivity index is 2.02. The smallest absolute Gasteiger partial charge is 0.310 e. The lowest BCUT2D eigenvalue weighted by atomic mass is 9.80. The van der Waals surface area contributed by atoms with Gasteiger partial charge in [-0.15, -0.1) is 0 Å². The van der Waals surface area contributed by atoms with Gasteiger partial charge in [-0.05, 0) is 31.1 Å². The van der Waals surface area contributed by atoms with Crippen LogP contribution in [0.15, 0.2) is 0 Å². The summed E-state index contributed by atoms with van der Waals surface area (Å²) in [7, 11) is 0. The molecule has 4 heteroatoms. The summed E-state index contributed by atoms with van der Waals surface area (Å²) < 4.78 is 0. The quantitative estimate of drug-likeness (QED) is 0.855. The molecule has 0 aromatic rings. The predicted octanol–water partition coefficient (Wildman–Crippen LogP) is 2.67. The molecule has 0 spiro atoms. The second-order valence-electron chi connectivity index (χ2n) is 7.05. The number of carbonyl (C=O) groups is 2. The third-order valence-electron chi connectivity index (χ3n) is 4.76. The molecule has 1 aliphatic heterocycles. The fourth-order valence-electron chi connectivity index (χ4n) is 3.56. The summed E-state index contributed by atoms with van der Waals surface area (Å²) in [6.45, 7) is 5.91. The third kappa shape index (κ3) is 3.10. The van der Waals surface area contributed by atoms with Crippen LogP contribution in [-0.4, -0.2) is 35.0 Å². The largest absolute Gasteiger partial charge is 0.481 e. The maximum absolute atomic E-state index is 12.4. The van der Waals surface area contributed by atoms with Crippen molar-refractivity contribution in [3.63, 3.8) is 0 Å². The van der Waals surface area contributed by atoms with Gasteiger partial charge in [0.05, 0.1) is 5.41 Å². The molecule has 1 aliphatic carbocycles. The molecule has 4 nitrogen and oxygen atoms in total. The van der Waals surface area contributed by atoms with Gasteiger partial charge in [-0.25, -0.2) is 0 Å². The van der Waals surface area contributed by atoms with E-state index in [1.54, 1.807) is 0 Å². The summed E-state index contributed by atoms with van der Waals surface area (Å²) in [4.78, 5) is 25.8. The Kier molecular flexibility index (Phi) is 3.88. The third-order valence-corrected chi connectivity index (χ3v) is 4.76. The summed E-state index contributed by atoms with van der Waals surface area (Å²) in [5.41, 5.74) is -0.612. The highest BCUT2D eigenvalue weighted by Gasteiger charge is 2.44. The number of hydrogen-bond acceptors (Lipinski definition) is 2. The maximum atomic E-state index is 12.4. The monoisotopic (exact) mass is 267 g/mol. The van der Waals surface area contributed by atoms with Gasteiger partial charge in [0.15, 0.2) is 0 Å². The average Bonchev–Trinajstić information content (AvgIpc) is 2.77. The van der Waals surface area contributed by atoms with Gasteiger partial charge in [-0.3, -0.25) is 9.59 Å². The minimum Gasteiger partial charge on any atom is -0.481 e. The molecule has 0 unspecified atom stereocenters. The minimum absolute atomic E-state index is 0.0390. The van der Waals surface area contributed by atoms with Crippen LogP contribution in [0.4, 0.5) is 0 Å². The Hall–Kier alpha value is -1.06. The Morgan fingerprint density at radius 3 is 2.26 bits per heavy atom. The molecule has 1 saturated heterocycles. The molecule has 2 fully saturated rings. The van der Waals surface area contributed by atoms with E-state index >= 15 is 0 Å². The van der Waals surface area contributed by atoms with Gasteiger partial charge >= 0.3 is 5.97 Å². The number of rotatable bonds is 3. The molecule has 0 atom stereocenters. The van der Waals surface area contributed by atoms with Crippen LogP contribution in [0.25, 0.3) is 0 Å². The first-order valence-corrected chi connectivity index (χ1v) is 7.36. The second kappa shape index (κ2) is 5.14. The van der Waals surface area contributed by atoms with E-state index in [1.807, 2.05) is 4.90 Å². The van der Waals surface area contributed by atoms with Crippen molar-refractivity contribution < 1.29 is 14.7 Å². The fourth-order valence-corrected chi connectivity index (χ4v) is 3.56. The van der Waals surface area contributed by atoms with Gasteiger partial charge in [0, 0.05) is 19.5 Å². The Bertz CT molecular complexity index is 370. The number of carboxylic acids is 1. The Morgan fingerprint density at radius 1 is 1.11 bits per heavy atom. The predicted molar refractivity (Wildman–Crippen MR) is 72.7 cm³/mol. The molecule has 2 rings (SSSR count). The molecule has 0 aromatic heterocycles. The number of hydrogen-bond donors (Lipinski definition) is 1. The van der Waals surface area contributed by atoms with Crippen molar-refractivity contribution >= 4 is 11.9 Å². The standard InChI is InChI=1S/C15H25NO3/c1-14(2)6-5-9-16(11-14)12(17)10-15(13(18)19)7-3-4-8-15/h3-11H2,1-2H3,(H,18,19). The van der Waals surface area contributed by atoms with Crippen LogP contribution < -0.4 is 0 Å². The number of amides is 1. The van der Waals surface area contributed by atoms with Crippen LogP contribution in [0.3, 0.4) is 0 Å². The highest BCUT2D eigenvalue weighted by atomic mass is 16.4. The highest BCUT2D eigenvalue weighted by Crippen LogP contribution is 2.42. The number of aliphatic carboxylic acids is 1. The Labute approximate surface area is 115 Å². The average molecular weight is 267 g/mol. The maximum Gasteiger partial charge on any atom is 0.310 e. The molecule has 1 amide bonds. The van der Waals surface area contributed by atoms with Crippen molar-refractivity contribution in [2.45, 2.75) is 58.8 Å². The SMILES string of the molecule is CC1(C)CCCN(C(=O)CC2(C(=O)O)CCCC2)C1. The van der Waals surface area contributed by atoms with E-state index in [4.69, 9.17) is 0 Å². The number of carbonyl (C=O) groups excluding carboxylic acids is 1. The topological polar surface area (TPSA) is 57.6 Å². The normalized spacial score (nSPS) is 25.3.